The Morgan fingerprint density at radius 1 is 1.04 bits per heavy atom. The lowest BCUT2D eigenvalue weighted by molar-refractivity contribution is -0.142. The summed E-state index contributed by atoms with van der Waals surface area (Å²) in [5, 5.41) is 16.5. The molecule has 0 aliphatic carbocycles. The molecule has 0 saturated heterocycles. The average Bonchev–Trinajstić information content (AvgIpc) is 2.61. The fraction of sp³-hybridized carbons (Fsp3) is 0.750. The molecule has 0 heterocycles. The van der Waals surface area contributed by atoms with Crippen LogP contribution in [0.5, 0.6) is 0 Å². The van der Waals surface area contributed by atoms with Gasteiger partial charge in [0.15, 0.2) is 0 Å². The van der Waals surface area contributed by atoms with Crippen LogP contribution in [-0.4, -0.2) is 72.0 Å². The van der Waals surface area contributed by atoms with Crippen LogP contribution >= 0.6 is 11.8 Å². The Morgan fingerprint density at radius 2 is 1.70 bits per heavy atom. The molecule has 10 nitrogen and oxygen atoms in total. The third-order valence-electron chi connectivity index (χ3n) is 3.66. The Balaban J connectivity index is 4.59. The minimum atomic E-state index is -1.14. The first kappa shape index (κ1) is 25.1. The number of hydrogen-bond acceptors (Lipinski definition) is 7. The second-order valence-corrected chi connectivity index (χ2v) is 7.08. The molecule has 8 N–H and O–H groups in total. The van der Waals surface area contributed by atoms with E-state index in [1.54, 1.807) is 0 Å². The van der Waals surface area contributed by atoms with Crippen molar-refractivity contribution < 1.29 is 24.3 Å². The smallest absolute Gasteiger partial charge is 0.326 e. The zero-order valence-corrected chi connectivity index (χ0v) is 16.6. The highest BCUT2D eigenvalue weighted by Crippen LogP contribution is 2.02. The number of nitrogens with one attached hydrogen (secondary N) is 3. The van der Waals surface area contributed by atoms with Crippen molar-refractivity contribution in [3.63, 3.8) is 0 Å². The molecule has 0 spiro atoms. The number of aliphatic carboxylic acids is 1. The molecule has 0 radical (unpaired) electrons. The summed E-state index contributed by atoms with van der Waals surface area (Å²) in [7, 11) is 0. The number of carboxylic acids is 1. The molecule has 0 aliphatic heterocycles. The summed E-state index contributed by atoms with van der Waals surface area (Å²) in [6.07, 6.45) is 3.73. The molecule has 0 aromatic heterocycles. The van der Waals surface area contributed by atoms with E-state index in [1.807, 2.05) is 6.26 Å². The van der Waals surface area contributed by atoms with E-state index < -0.39 is 41.8 Å². The van der Waals surface area contributed by atoms with Gasteiger partial charge in [-0.05, 0) is 51.2 Å². The van der Waals surface area contributed by atoms with Gasteiger partial charge in [-0.2, -0.15) is 11.8 Å². The lowest BCUT2D eigenvalue weighted by atomic mass is 10.1. The van der Waals surface area contributed by atoms with E-state index in [4.69, 9.17) is 16.6 Å². The topological polar surface area (TPSA) is 177 Å². The van der Waals surface area contributed by atoms with Crippen LogP contribution in [0.25, 0.3) is 0 Å². The maximum atomic E-state index is 12.3. The first-order valence-electron chi connectivity index (χ1n) is 8.77. The minimum Gasteiger partial charge on any atom is -0.480 e. The van der Waals surface area contributed by atoms with Gasteiger partial charge in [-0.3, -0.25) is 14.4 Å². The van der Waals surface area contributed by atoms with Crippen LogP contribution in [0, 0.1) is 0 Å². The lowest BCUT2D eigenvalue weighted by Gasteiger charge is -2.20. The van der Waals surface area contributed by atoms with Gasteiger partial charge in [-0.1, -0.05) is 0 Å². The molecule has 0 aromatic carbocycles. The van der Waals surface area contributed by atoms with Crippen molar-refractivity contribution >= 4 is 35.5 Å². The van der Waals surface area contributed by atoms with E-state index in [2.05, 4.69) is 16.0 Å². The van der Waals surface area contributed by atoms with E-state index in [0.717, 1.165) is 0 Å². The summed E-state index contributed by atoms with van der Waals surface area (Å²) in [4.78, 5) is 47.1. The largest absolute Gasteiger partial charge is 0.480 e. The van der Waals surface area contributed by atoms with E-state index in [-0.39, 0.29) is 13.0 Å². The van der Waals surface area contributed by atoms with E-state index in [0.29, 0.717) is 31.6 Å². The van der Waals surface area contributed by atoms with Crippen molar-refractivity contribution in [3.8, 4) is 0 Å². The summed E-state index contributed by atoms with van der Waals surface area (Å²) in [5.74, 6) is -2.12. The van der Waals surface area contributed by atoms with Gasteiger partial charge in [0.05, 0.1) is 12.6 Å². The van der Waals surface area contributed by atoms with Gasteiger partial charge in [0.1, 0.15) is 12.1 Å². The number of rotatable bonds is 14. The summed E-state index contributed by atoms with van der Waals surface area (Å²) < 4.78 is 0. The molecule has 3 amide bonds. The van der Waals surface area contributed by atoms with Crippen LogP contribution in [0.4, 0.5) is 0 Å². The summed E-state index contributed by atoms with van der Waals surface area (Å²) >= 11 is 1.51. The van der Waals surface area contributed by atoms with Gasteiger partial charge in [0, 0.05) is 0 Å². The Bertz CT molecular complexity index is 504. The second kappa shape index (κ2) is 14.2. The Hall–Kier alpha value is -1.85. The maximum absolute atomic E-state index is 12.3. The Kier molecular flexibility index (Phi) is 13.3. The highest BCUT2D eigenvalue weighted by molar-refractivity contribution is 7.98. The monoisotopic (exact) mass is 405 g/mol. The average molecular weight is 406 g/mol. The normalized spacial score (nSPS) is 13.9. The minimum absolute atomic E-state index is 0.257. The fourth-order valence-corrected chi connectivity index (χ4v) is 2.57. The molecular weight excluding hydrogens is 374 g/mol. The van der Waals surface area contributed by atoms with Gasteiger partial charge in [-0.15, -0.1) is 0 Å². The van der Waals surface area contributed by atoms with Crippen LogP contribution in [-0.2, 0) is 19.2 Å². The first-order chi connectivity index (χ1) is 12.7. The van der Waals surface area contributed by atoms with Crippen molar-refractivity contribution in [1.29, 1.82) is 0 Å². The summed E-state index contributed by atoms with van der Waals surface area (Å²) in [5.41, 5.74) is 10.9. The Morgan fingerprint density at radius 3 is 2.22 bits per heavy atom. The quantitative estimate of drug-likeness (QED) is 0.187. The number of carboxylic acid groups (broad SMARTS) is 1. The molecule has 0 fully saturated rings. The zero-order valence-electron chi connectivity index (χ0n) is 15.8. The number of hydrogen-bond donors (Lipinski definition) is 6. The standard InChI is InChI=1S/C16H31N5O5S/c1-10(18)14(23)21-11(6-8-27-2)15(24)19-9-13(22)20-12(16(25)26)5-3-4-7-17/h10-12H,3-9,17-18H2,1-2H3,(H,19,24)(H,20,22)(H,21,23)(H,25,26). The van der Waals surface area contributed by atoms with Gasteiger partial charge in [0.2, 0.25) is 17.7 Å². The third-order valence-corrected chi connectivity index (χ3v) is 4.30. The number of nitrogens with two attached hydrogens (primary N) is 2. The third kappa shape index (κ3) is 11.5. The van der Waals surface area contributed by atoms with Crippen molar-refractivity contribution in [2.24, 2.45) is 11.5 Å². The highest BCUT2D eigenvalue weighted by Gasteiger charge is 2.23. The molecule has 0 aliphatic rings. The molecule has 156 valence electrons. The maximum Gasteiger partial charge on any atom is 0.326 e. The van der Waals surface area contributed by atoms with E-state index >= 15 is 0 Å². The highest BCUT2D eigenvalue weighted by atomic mass is 32.2. The lowest BCUT2D eigenvalue weighted by Crippen LogP contribution is -2.53. The molecule has 0 rings (SSSR count). The summed E-state index contributed by atoms with van der Waals surface area (Å²) in [6, 6.07) is -2.61. The predicted molar refractivity (Wildman–Crippen MR) is 104 cm³/mol. The SMILES string of the molecule is CSCCC(NC(=O)C(C)N)C(=O)NCC(=O)NC(CCCCN)C(=O)O. The van der Waals surface area contributed by atoms with Crippen molar-refractivity contribution in [1.82, 2.24) is 16.0 Å². The number of amides is 3. The van der Waals surface area contributed by atoms with Crippen molar-refractivity contribution in [2.45, 2.75) is 50.7 Å². The van der Waals surface area contributed by atoms with Gasteiger partial charge >= 0.3 is 5.97 Å². The summed E-state index contributed by atoms with van der Waals surface area (Å²) in [6.45, 7) is 1.56. The second-order valence-electron chi connectivity index (χ2n) is 6.09. The number of unbranched alkanes of at least 4 members (excludes halogenated alkanes) is 1. The molecule has 11 heteroatoms. The van der Waals surface area contributed by atoms with Gasteiger partial charge in [-0.25, -0.2) is 4.79 Å². The zero-order chi connectivity index (χ0) is 20.8. The molecule has 0 aromatic rings. The molecular formula is C16H31N5O5S. The number of thioether (sulfide) groups is 1. The van der Waals surface area contributed by atoms with E-state index in [9.17, 15) is 19.2 Å². The van der Waals surface area contributed by atoms with Crippen LogP contribution in [0.2, 0.25) is 0 Å². The molecule has 3 atom stereocenters. The van der Waals surface area contributed by atoms with Gasteiger partial charge < -0.3 is 32.5 Å². The number of carbonyl (C=O) groups excluding carboxylic acids is 3. The molecule has 0 saturated carbocycles. The number of carbonyl (C=O) groups is 4. The van der Waals surface area contributed by atoms with Crippen molar-refractivity contribution in [3.05, 3.63) is 0 Å². The van der Waals surface area contributed by atoms with Crippen LogP contribution in [0.1, 0.15) is 32.6 Å². The van der Waals surface area contributed by atoms with E-state index in [1.165, 1.54) is 18.7 Å². The van der Waals surface area contributed by atoms with Crippen LogP contribution in [0.3, 0.4) is 0 Å². The molecule has 3 unspecified atom stereocenters. The van der Waals surface area contributed by atoms with Gasteiger partial charge in [0.25, 0.3) is 0 Å². The van der Waals surface area contributed by atoms with Crippen LogP contribution < -0.4 is 27.4 Å². The Labute approximate surface area is 163 Å². The first-order valence-corrected chi connectivity index (χ1v) is 10.2. The molecule has 27 heavy (non-hydrogen) atoms. The van der Waals surface area contributed by atoms with Crippen molar-refractivity contribution in [2.75, 3.05) is 25.1 Å². The fourth-order valence-electron chi connectivity index (χ4n) is 2.09. The molecule has 0 bridgehead atoms. The predicted octanol–water partition coefficient (Wildman–Crippen LogP) is -1.61. The van der Waals surface area contributed by atoms with Crippen LogP contribution in [0.15, 0.2) is 0 Å².